The molecule has 0 saturated heterocycles. The fraction of sp³-hybridized carbons (Fsp3) is 0.194. The fourth-order valence-corrected chi connectivity index (χ4v) is 4.84. The first-order valence-corrected chi connectivity index (χ1v) is 12.3. The van der Waals surface area contributed by atoms with Crippen molar-refractivity contribution in [3.8, 4) is 34.2 Å². The molecule has 0 aliphatic rings. The first-order chi connectivity index (χ1) is 17.3. The summed E-state index contributed by atoms with van der Waals surface area (Å²) in [6, 6.07) is 29.5. The van der Waals surface area contributed by atoms with Crippen molar-refractivity contribution in [2.45, 2.75) is 26.2 Å². The highest BCUT2D eigenvalue weighted by Gasteiger charge is 2.18. The molecule has 5 nitrogen and oxygen atoms in total. The number of aromatic nitrogens is 5. The monoisotopic (exact) mass is 471 g/mol. The maximum atomic E-state index is 5.10. The lowest BCUT2D eigenvalue weighted by atomic mass is 9.86. The van der Waals surface area contributed by atoms with Gasteiger partial charge in [-0.1, -0.05) is 69.3 Å². The highest BCUT2D eigenvalue weighted by molar-refractivity contribution is 5.83. The van der Waals surface area contributed by atoms with Gasteiger partial charge in [-0.05, 0) is 58.5 Å². The van der Waals surface area contributed by atoms with Crippen molar-refractivity contribution in [1.82, 2.24) is 24.1 Å². The van der Waals surface area contributed by atoms with E-state index in [1.165, 1.54) is 5.56 Å². The number of nitrogens with zero attached hydrogens (tertiary/aromatic N) is 5. The van der Waals surface area contributed by atoms with Crippen LogP contribution in [0.25, 0.3) is 56.2 Å². The minimum Gasteiger partial charge on any atom is -0.326 e. The molecule has 3 aromatic carbocycles. The fourth-order valence-electron chi connectivity index (χ4n) is 4.84. The number of pyridine rings is 1. The number of hydrogen-bond donors (Lipinski definition) is 0. The van der Waals surface area contributed by atoms with Crippen molar-refractivity contribution in [2.75, 3.05) is 0 Å². The minimum atomic E-state index is 0.104. The first-order valence-electron chi connectivity index (χ1n) is 12.3. The van der Waals surface area contributed by atoms with Crippen LogP contribution in [0.15, 0.2) is 84.9 Å². The van der Waals surface area contributed by atoms with Crippen LogP contribution in [-0.4, -0.2) is 24.1 Å². The van der Waals surface area contributed by atoms with Crippen LogP contribution in [0.4, 0.5) is 0 Å². The summed E-state index contributed by atoms with van der Waals surface area (Å²) in [6.45, 7) is 6.71. The highest BCUT2D eigenvalue weighted by atomic mass is 15.1. The zero-order valence-electron chi connectivity index (χ0n) is 21.3. The average Bonchev–Trinajstić information content (AvgIpc) is 3.40. The van der Waals surface area contributed by atoms with E-state index in [1.807, 2.05) is 50.5 Å². The molecule has 0 radical (unpaired) electrons. The third kappa shape index (κ3) is 3.68. The molecule has 0 N–H and O–H groups in total. The Bertz CT molecular complexity index is 1630. The Balaban J connectivity index is 1.58. The van der Waals surface area contributed by atoms with E-state index in [4.69, 9.17) is 15.0 Å². The van der Waals surface area contributed by atoms with Crippen molar-refractivity contribution in [3.63, 3.8) is 0 Å². The predicted octanol–water partition coefficient (Wildman–Crippen LogP) is 7.15. The predicted molar refractivity (Wildman–Crippen MR) is 148 cm³/mol. The van der Waals surface area contributed by atoms with Gasteiger partial charge in [0, 0.05) is 14.1 Å². The molecule has 178 valence electrons. The van der Waals surface area contributed by atoms with E-state index in [0.717, 1.165) is 56.2 Å². The number of para-hydroxylation sites is 4. The molecule has 0 aliphatic carbocycles. The van der Waals surface area contributed by atoms with E-state index >= 15 is 0 Å². The van der Waals surface area contributed by atoms with Crippen LogP contribution >= 0.6 is 0 Å². The van der Waals surface area contributed by atoms with Crippen molar-refractivity contribution >= 4 is 22.1 Å². The van der Waals surface area contributed by atoms with Gasteiger partial charge >= 0.3 is 0 Å². The Kier molecular flexibility index (Phi) is 5.04. The lowest BCUT2D eigenvalue weighted by molar-refractivity contribution is 0.590. The van der Waals surface area contributed by atoms with Gasteiger partial charge in [-0.2, -0.15) is 0 Å². The molecule has 0 aliphatic heterocycles. The SMILES string of the molecule is Cn1c(-c2cc(-c3ccc(C(C)(C)C)cc3)cc(-c3nc4ccccc4n3C)n2)nc2ccccc21. The second kappa shape index (κ2) is 8.16. The van der Waals surface area contributed by atoms with E-state index in [0.29, 0.717) is 0 Å². The lowest BCUT2D eigenvalue weighted by Gasteiger charge is -2.19. The van der Waals surface area contributed by atoms with Crippen LogP contribution in [0, 0.1) is 0 Å². The zero-order chi connectivity index (χ0) is 25.0. The van der Waals surface area contributed by atoms with Gasteiger partial charge in [0.1, 0.15) is 11.4 Å². The van der Waals surface area contributed by atoms with Gasteiger partial charge in [-0.15, -0.1) is 0 Å². The third-order valence-electron chi connectivity index (χ3n) is 6.94. The molecule has 0 bridgehead atoms. The molecule has 3 heterocycles. The molecule has 6 rings (SSSR count). The third-order valence-corrected chi connectivity index (χ3v) is 6.94. The summed E-state index contributed by atoms with van der Waals surface area (Å²) in [7, 11) is 4.10. The first kappa shape index (κ1) is 22.2. The number of hydrogen-bond acceptors (Lipinski definition) is 3. The van der Waals surface area contributed by atoms with Gasteiger partial charge < -0.3 is 9.13 Å². The second-order valence-electron chi connectivity index (χ2n) is 10.4. The van der Waals surface area contributed by atoms with Crippen molar-refractivity contribution in [2.24, 2.45) is 14.1 Å². The Morgan fingerprint density at radius 1 is 0.556 bits per heavy atom. The van der Waals surface area contributed by atoms with Crippen molar-refractivity contribution in [1.29, 1.82) is 0 Å². The van der Waals surface area contributed by atoms with Crippen LogP contribution in [0.3, 0.4) is 0 Å². The zero-order valence-corrected chi connectivity index (χ0v) is 21.3. The van der Waals surface area contributed by atoms with Gasteiger partial charge in [-0.3, -0.25) is 0 Å². The maximum absolute atomic E-state index is 5.10. The summed E-state index contributed by atoms with van der Waals surface area (Å²) >= 11 is 0. The number of imidazole rings is 2. The van der Waals surface area contributed by atoms with E-state index in [9.17, 15) is 0 Å². The van der Waals surface area contributed by atoms with Crippen molar-refractivity contribution < 1.29 is 0 Å². The van der Waals surface area contributed by atoms with Crippen LogP contribution in [0.5, 0.6) is 0 Å². The van der Waals surface area contributed by atoms with Gasteiger partial charge in [0.15, 0.2) is 11.6 Å². The topological polar surface area (TPSA) is 48.5 Å². The molecule has 3 aromatic heterocycles. The maximum Gasteiger partial charge on any atom is 0.159 e. The number of rotatable bonds is 3. The quantitative estimate of drug-likeness (QED) is 0.275. The molecule has 0 spiro atoms. The van der Waals surface area contributed by atoms with E-state index in [1.54, 1.807) is 0 Å². The van der Waals surface area contributed by atoms with Gasteiger partial charge in [0.2, 0.25) is 0 Å². The van der Waals surface area contributed by atoms with E-state index < -0.39 is 0 Å². The largest absolute Gasteiger partial charge is 0.326 e. The van der Waals surface area contributed by atoms with Crippen LogP contribution in [0.2, 0.25) is 0 Å². The Morgan fingerprint density at radius 2 is 1.03 bits per heavy atom. The molecule has 0 atom stereocenters. The Labute approximate surface area is 211 Å². The van der Waals surface area contributed by atoms with Gasteiger partial charge in [0.05, 0.1) is 22.1 Å². The van der Waals surface area contributed by atoms with E-state index in [-0.39, 0.29) is 5.41 Å². The second-order valence-corrected chi connectivity index (χ2v) is 10.4. The van der Waals surface area contributed by atoms with Gasteiger partial charge in [-0.25, -0.2) is 15.0 Å². The molecule has 6 aromatic rings. The summed E-state index contributed by atoms with van der Waals surface area (Å²) in [4.78, 5) is 15.0. The minimum absolute atomic E-state index is 0.104. The van der Waals surface area contributed by atoms with Crippen LogP contribution in [-0.2, 0) is 19.5 Å². The molecule has 0 unspecified atom stereocenters. The molecule has 0 amide bonds. The number of fused-ring (bicyclic) bond motifs is 2. The lowest BCUT2D eigenvalue weighted by Crippen LogP contribution is -2.10. The van der Waals surface area contributed by atoms with Gasteiger partial charge in [0.25, 0.3) is 0 Å². The number of aryl methyl sites for hydroxylation is 2. The van der Waals surface area contributed by atoms with Crippen LogP contribution in [0.1, 0.15) is 26.3 Å². The molecule has 0 saturated carbocycles. The standard InChI is InChI=1S/C31H29N5/c1-31(2,3)22-16-14-20(15-17-22)21-18-25(29-33-23-10-6-8-12-27(23)35(29)4)32-26(19-21)30-34-24-11-7-9-13-28(24)36(30)5/h6-19H,1-5H3. The number of benzene rings is 3. The Hall–Kier alpha value is -4.25. The van der Waals surface area contributed by atoms with E-state index in [2.05, 4.69) is 78.4 Å². The average molecular weight is 472 g/mol. The highest BCUT2D eigenvalue weighted by Crippen LogP contribution is 2.33. The normalized spacial score (nSPS) is 12.0. The van der Waals surface area contributed by atoms with Crippen molar-refractivity contribution in [3.05, 3.63) is 90.5 Å². The molecule has 36 heavy (non-hydrogen) atoms. The summed E-state index contributed by atoms with van der Waals surface area (Å²) in [6.07, 6.45) is 0. The molecular weight excluding hydrogens is 442 g/mol. The summed E-state index contributed by atoms with van der Waals surface area (Å²) < 4.78 is 4.23. The van der Waals surface area contributed by atoms with Crippen LogP contribution < -0.4 is 0 Å². The molecular formula is C31H29N5. The molecule has 0 fully saturated rings. The smallest absolute Gasteiger partial charge is 0.159 e. The summed E-state index contributed by atoms with van der Waals surface area (Å²) in [5, 5.41) is 0. The summed E-state index contributed by atoms with van der Waals surface area (Å²) in [5.74, 6) is 1.67. The summed E-state index contributed by atoms with van der Waals surface area (Å²) in [5.41, 5.74) is 9.39. The molecule has 5 heteroatoms. The Morgan fingerprint density at radius 3 is 1.47 bits per heavy atom.